The maximum Gasteiger partial charge on any atom is 0.341 e. The van der Waals surface area contributed by atoms with Crippen LogP contribution in [0.15, 0.2) is 0 Å². The van der Waals surface area contributed by atoms with Gasteiger partial charge in [-0.2, -0.15) is 0 Å². The smallest absolute Gasteiger partial charge is 0.341 e. The molecule has 0 aromatic rings. The zero-order valence-electron chi connectivity index (χ0n) is 12.6. The molecule has 2 heterocycles. The van der Waals surface area contributed by atoms with Gasteiger partial charge in [0.05, 0.1) is 13.2 Å². The van der Waals surface area contributed by atoms with Crippen molar-refractivity contribution in [2.24, 2.45) is 11.3 Å². The highest BCUT2D eigenvalue weighted by atomic mass is 16.7. The highest BCUT2D eigenvalue weighted by Crippen LogP contribution is 2.74. The average Bonchev–Trinajstić information content (AvgIpc) is 3.30. The average molecular weight is 280 g/mol. The Labute approximate surface area is 120 Å². The van der Waals surface area contributed by atoms with Crippen LogP contribution >= 0.6 is 0 Å². The Hall–Kier alpha value is -0.610. The van der Waals surface area contributed by atoms with E-state index in [1.54, 1.807) is 0 Å². The fourth-order valence-electron chi connectivity index (χ4n) is 5.23. The zero-order chi connectivity index (χ0) is 14.2. The topological polar surface area (TPSA) is 51.4 Å². The number of hydrogen-bond acceptors (Lipinski definition) is 4. The van der Waals surface area contributed by atoms with Gasteiger partial charge in [-0.05, 0) is 25.2 Å². The molecule has 4 fully saturated rings. The summed E-state index contributed by atoms with van der Waals surface area (Å²) in [6.07, 6.45) is 7.39. The van der Waals surface area contributed by atoms with E-state index in [-0.39, 0.29) is 23.6 Å². The van der Waals surface area contributed by atoms with Gasteiger partial charge in [-0.15, -0.1) is 0 Å². The molecule has 4 atom stereocenters. The number of carbonyl (C=O) groups excluding carboxylic acids is 1. The highest BCUT2D eigenvalue weighted by molar-refractivity contribution is 5.87. The predicted octanol–water partition coefficient (Wildman–Crippen LogP) is 2.44. The zero-order valence-corrected chi connectivity index (χ0v) is 12.6. The van der Waals surface area contributed by atoms with Gasteiger partial charge in [0, 0.05) is 5.41 Å². The first-order valence-electron chi connectivity index (χ1n) is 7.94. The molecule has 2 saturated heterocycles. The summed E-state index contributed by atoms with van der Waals surface area (Å²) in [6.45, 7) is 4.26. The van der Waals surface area contributed by atoms with Gasteiger partial charge < -0.3 is 14.2 Å². The Balaban J connectivity index is 1.76. The normalized spacial score (nSPS) is 49.0. The van der Waals surface area contributed by atoms with Crippen LogP contribution < -0.4 is 0 Å². The van der Waals surface area contributed by atoms with E-state index in [1.807, 2.05) is 0 Å². The molecule has 2 saturated carbocycles. The van der Waals surface area contributed by atoms with Crippen LogP contribution in [0.5, 0.6) is 0 Å². The molecule has 4 unspecified atom stereocenters. The molecular formula is C16H24O4. The SMILES string of the molecule is COC(=O)C12OC1(C1CCCCC1)C1OC1CC2(C)C. The second-order valence-electron chi connectivity index (χ2n) is 7.59. The fourth-order valence-corrected chi connectivity index (χ4v) is 5.23. The highest BCUT2D eigenvalue weighted by Gasteiger charge is 2.92. The van der Waals surface area contributed by atoms with E-state index in [2.05, 4.69) is 13.8 Å². The summed E-state index contributed by atoms with van der Waals surface area (Å²) in [5.41, 5.74) is -1.38. The van der Waals surface area contributed by atoms with Crippen molar-refractivity contribution in [2.75, 3.05) is 7.11 Å². The molecule has 2 aliphatic carbocycles. The Morgan fingerprint density at radius 1 is 1.20 bits per heavy atom. The van der Waals surface area contributed by atoms with E-state index in [4.69, 9.17) is 14.2 Å². The van der Waals surface area contributed by atoms with Gasteiger partial charge in [-0.3, -0.25) is 0 Å². The molecule has 0 aromatic carbocycles. The quantitative estimate of drug-likeness (QED) is 0.576. The van der Waals surface area contributed by atoms with Crippen molar-refractivity contribution in [1.82, 2.24) is 0 Å². The Morgan fingerprint density at radius 3 is 2.55 bits per heavy atom. The second kappa shape index (κ2) is 3.77. The first-order chi connectivity index (χ1) is 9.49. The standard InChI is InChI=1S/C16H24O4/c1-14(2)9-11-12(19-11)15(10-7-5-4-6-8-10)16(14,20-15)13(17)18-3/h10-12H,4-9H2,1-3H3. The maximum absolute atomic E-state index is 12.6. The Morgan fingerprint density at radius 2 is 1.90 bits per heavy atom. The van der Waals surface area contributed by atoms with Crippen molar-refractivity contribution < 1.29 is 19.0 Å². The van der Waals surface area contributed by atoms with E-state index in [9.17, 15) is 4.79 Å². The summed E-state index contributed by atoms with van der Waals surface area (Å²) in [7, 11) is 1.47. The number of ether oxygens (including phenoxy) is 3. The molecule has 0 spiro atoms. The van der Waals surface area contributed by atoms with Gasteiger partial charge in [0.1, 0.15) is 11.7 Å². The molecule has 4 rings (SSSR count). The van der Waals surface area contributed by atoms with Crippen molar-refractivity contribution in [2.45, 2.75) is 75.8 Å². The third-order valence-electron chi connectivity index (χ3n) is 6.18. The van der Waals surface area contributed by atoms with E-state index in [1.165, 1.54) is 26.4 Å². The first kappa shape index (κ1) is 13.1. The second-order valence-corrected chi connectivity index (χ2v) is 7.59. The first-order valence-corrected chi connectivity index (χ1v) is 7.94. The fraction of sp³-hybridized carbons (Fsp3) is 0.938. The monoisotopic (exact) mass is 280 g/mol. The third kappa shape index (κ3) is 1.28. The number of esters is 1. The van der Waals surface area contributed by atoms with Crippen molar-refractivity contribution >= 4 is 5.97 Å². The number of methoxy groups -OCH3 is 1. The summed E-state index contributed by atoms with van der Waals surface area (Å²) < 4.78 is 17.4. The number of carbonyl (C=O) groups is 1. The van der Waals surface area contributed by atoms with E-state index < -0.39 is 11.2 Å². The molecule has 4 nitrogen and oxygen atoms in total. The lowest BCUT2D eigenvalue weighted by Gasteiger charge is -2.38. The third-order valence-corrected chi connectivity index (χ3v) is 6.18. The molecule has 4 aliphatic rings. The predicted molar refractivity (Wildman–Crippen MR) is 72.2 cm³/mol. The minimum absolute atomic E-state index is 0.123. The van der Waals surface area contributed by atoms with E-state index in [0.29, 0.717) is 5.92 Å². The van der Waals surface area contributed by atoms with Gasteiger partial charge in [-0.1, -0.05) is 33.1 Å². The van der Waals surface area contributed by atoms with Crippen molar-refractivity contribution in [1.29, 1.82) is 0 Å². The minimum atomic E-state index is -0.769. The lowest BCUT2D eigenvalue weighted by Crippen LogP contribution is -2.55. The summed E-state index contributed by atoms with van der Waals surface area (Å²) in [5, 5.41) is 0. The number of hydrogen-bond donors (Lipinski definition) is 0. The molecular weight excluding hydrogens is 256 g/mol. The number of epoxide rings is 2. The van der Waals surface area contributed by atoms with Gasteiger partial charge in [-0.25, -0.2) is 4.79 Å². The lowest BCUT2D eigenvalue weighted by molar-refractivity contribution is -0.152. The van der Waals surface area contributed by atoms with Crippen LogP contribution in [0.25, 0.3) is 0 Å². The minimum Gasteiger partial charge on any atom is -0.467 e. The van der Waals surface area contributed by atoms with Gasteiger partial charge >= 0.3 is 5.97 Å². The molecule has 2 aliphatic heterocycles. The molecule has 0 amide bonds. The van der Waals surface area contributed by atoms with Crippen molar-refractivity contribution in [3.05, 3.63) is 0 Å². The van der Waals surface area contributed by atoms with Crippen LogP contribution in [0.4, 0.5) is 0 Å². The molecule has 20 heavy (non-hydrogen) atoms. The van der Waals surface area contributed by atoms with E-state index >= 15 is 0 Å². The summed E-state index contributed by atoms with van der Waals surface area (Å²) in [5.74, 6) is 0.256. The van der Waals surface area contributed by atoms with Gasteiger partial charge in [0.25, 0.3) is 0 Å². The molecule has 0 bridgehead atoms. The molecule has 0 N–H and O–H groups in total. The summed E-state index contributed by atoms with van der Waals surface area (Å²) in [4.78, 5) is 12.6. The summed E-state index contributed by atoms with van der Waals surface area (Å²) >= 11 is 0. The number of rotatable bonds is 2. The largest absolute Gasteiger partial charge is 0.467 e. The molecule has 112 valence electrons. The van der Waals surface area contributed by atoms with Crippen molar-refractivity contribution in [3.8, 4) is 0 Å². The van der Waals surface area contributed by atoms with Crippen LogP contribution in [-0.2, 0) is 19.0 Å². The Bertz CT molecular complexity index is 453. The molecule has 0 radical (unpaired) electrons. The van der Waals surface area contributed by atoms with Gasteiger partial charge in [0.2, 0.25) is 5.60 Å². The van der Waals surface area contributed by atoms with Gasteiger partial charge in [0.15, 0.2) is 0 Å². The van der Waals surface area contributed by atoms with Crippen LogP contribution in [0.2, 0.25) is 0 Å². The van der Waals surface area contributed by atoms with Crippen LogP contribution in [0.1, 0.15) is 52.4 Å². The van der Waals surface area contributed by atoms with Crippen molar-refractivity contribution in [3.63, 3.8) is 0 Å². The summed E-state index contributed by atoms with van der Waals surface area (Å²) in [6, 6.07) is 0. The maximum atomic E-state index is 12.6. The molecule has 0 aromatic heterocycles. The lowest BCUT2D eigenvalue weighted by atomic mass is 9.58. The van der Waals surface area contributed by atoms with E-state index in [0.717, 1.165) is 19.3 Å². The Kier molecular flexibility index (Phi) is 2.47. The van der Waals surface area contributed by atoms with Crippen LogP contribution in [-0.4, -0.2) is 36.5 Å². The molecule has 4 heteroatoms. The van der Waals surface area contributed by atoms with Crippen LogP contribution in [0.3, 0.4) is 0 Å². The van der Waals surface area contributed by atoms with Crippen LogP contribution in [0, 0.1) is 11.3 Å². The number of fused-ring (bicyclic) bond motifs is 3.